The third-order valence-corrected chi connectivity index (χ3v) is 6.80. The molecule has 2 saturated heterocycles. The van der Waals surface area contributed by atoms with Gasteiger partial charge in [-0.2, -0.15) is 0 Å². The molecule has 2 fully saturated rings. The van der Waals surface area contributed by atoms with Crippen LogP contribution in [0.25, 0.3) is 0 Å². The Labute approximate surface area is 161 Å². The van der Waals surface area contributed by atoms with E-state index in [4.69, 9.17) is 9.47 Å². The summed E-state index contributed by atoms with van der Waals surface area (Å²) in [5.41, 5.74) is 0.0385. The lowest BCUT2D eigenvalue weighted by atomic mass is 9.78. The molecule has 0 aliphatic carbocycles. The Kier molecular flexibility index (Phi) is 6.72. The molecule has 2 aliphatic heterocycles. The predicted octanol–water partition coefficient (Wildman–Crippen LogP) is 2.92. The van der Waals surface area contributed by atoms with E-state index in [2.05, 4.69) is 24.0 Å². The number of rotatable bonds is 7. The second-order valence-corrected chi connectivity index (χ2v) is 9.19. The number of ether oxygens (including phenoxy) is 2. The van der Waals surface area contributed by atoms with Crippen LogP contribution in [0.4, 0.5) is 0 Å². The summed E-state index contributed by atoms with van der Waals surface area (Å²) in [5.74, 6) is 0.586. The van der Waals surface area contributed by atoms with Gasteiger partial charge in [0.1, 0.15) is 6.61 Å². The number of hydrogen-bond acceptors (Lipinski definition) is 5. The Bertz CT molecular complexity index is 594. The van der Waals surface area contributed by atoms with Crippen molar-refractivity contribution < 1.29 is 14.3 Å². The van der Waals surface area contributed by atoms with Gasteiger partial charge in [0.25, 0.3) is 0 Å². The lowest BCUT2D eigenvalue weighted by Gasteiger charge is -2.42. The first-order valence-electron chi connectivity index (χ1n) is 9.68. The molecule has 0 radical (unpaired) electrons. The summed E-state index contributed by atoms with van der Waals surface area (Å²) in [4.78, 5) is 18.6. The summed E-state index contributed by atoms with van der Waals surface area (Å²) in [6.07, 6.45) is 4.33. The quantitative estimate of drug-likeness (QED) is 0.682. The van der Waals surface area contributed by atoms with Crippen molar-refractivity contribution in [1.82, 2.24) is 9.80 Å². The van der Waals surface area contributed by atoms with Crippen molar-refractivity contribution in [2.45, 2.75) is 44.8 Å². The monoisotopic (exact) mass is 380 g/mol. The van der Waals surface area contributed by atoms with E-state index in [0.29, 0.717) is 12.5 Å². The minimum absolute atomic E-state index is 0.0273. The normalized spacial score (nSPS) is 22.8. The molecule has 0 saturated carbocycles. The first-order chi connectivity index (χ1) is 12.5. The number of carbonyl (C=O) groups is 1. The van der Waals surface area contributed by atoms with Crippen molar-refractivity contribution in [3.05, 3.63) is 21.9 Å². The molecule has 2 aliphatic rings. The van der Waals surface area contributed by atoms with Gasteiger partial charge in [0.2, 0.25) is 5.91 Å². The first-order valence-corrected chi connectivity index (χ1v) is 10.5. The first kappa shape index (κ1) is 19.8. The molecular weight excluding hydrogens is 348 g/mol. The lowest BCUT2D eigenvalue weighted by molar-refractivity contribution is -0.133. The van der Waals surface area contributed by atoms with Crippen LogP contribution in [-0.4, -0.2) is 68.3 Å². The fourth-order valence-electron chi connectivity index (χ4n) is 4.14. The van der Waals surface area contributed by atoms with E-state index >= 15 is 0 Å². The molecule has 146 valence electrons. The van der Waals surface area contributed by atoms with Crippen LogP contribution in [0.15, 0.2) is 12.1 Å². The topological polar surface area (TPSA) is 42.0 Å². The van der Waals surface area contributed by atoms with E-state index in [1.165, 1.54) is 9.75 Å². The van der Waals surface area contributed by atoms with E-state index in [0.717, 1.165) is 51.9 Å². The van der Waals surface area contributed by atoms with Crippen LogP contribution >= 0.6 is 11.3 Å². The van der Waals surface area contributed by atoms with Crippen LogP contribution in [0.1, 0.15) is 35.4 Å². The van der Waals surface area contributed by atoms with Crippen molar-refractivity contribution in [2.75, 3.05) is 47.0 Å². The van der Waals surface area contributed by atoms with Crippen LogP contribution in [0.3, 0.4) is 0 Å². The summed E-state index contributed by atoms with van der Waals surface area (Å²) in [6.45, 7) is 7.14. The zero-order chi connectivity index (χ0) is 18.6. The maximum atomic E-state index is 11.6. The van der Waals surface area contributed by atoms with Gasteiger partial charge in [-0.25, -0.2) is 0 Å². The molecule has 3 rings (SSSR count). The molecule has 1 amide bonds. The highest BCUT2D eigenvalue weighted by Gasteiger charge is 2.45. The Hall–Kier alpha value is -0.950. The number of hydrogen-bond donors (Lipinski definition) is 0. The van der Waals surface area contributed by atoms with E-state index in [1.807, 2.05) is 11.3 Å². The van der Waals surface area contributed by atoms with E-state index < -0.39 is 0 Å². The van der Waals surface area contributed by atoms with E-state index in [-0.39, 0.29) is 18.1 Å². The SMILES string of the molecule is Cc1ccc(CN2CCC3(CC2)OCC[C@H]3CCOCC(=O)N(C)C)s1. The number of aryl methyl sites for hydroxylation is 1. The van der Waals surface area contributed by atoms with Crippen LogP contribution in [0.5, 0.6) is 0 Å². The molecule has 0 unspecified atom stereocenters. The van der Waals surface area contributed by atoms with Gasteiger partial charge in [-0.1, -0.05) is 0 Å². The molecule has 1 aromatic heterocycles. The molecular formula is C20H32N2O3S. The van der Waals surface area contributed by atoms with Gasteiger partial charge in [0.05, 0.1) is 5.60 Å². The highest BCUT2D eigenvalue weighted by atomic mass is 32.1. The second-order valence-electron chi connectivity index (χ2n) is 7.82. The molecule has 1 spiro atoms. The van der Waals surface area contributed by atoms with Gasteiger partial charge in [0.15, 0.2) is 0 Å². The number of likely N-dealkylation sites (tertiary alicyclic amines) is 1. The molecule has 3 heterocycles. The lowest BCUT2D eigenvalue weighted by Crippen LogP contribution is -2.47. The standard InChI is InChI=1S/C20H32N2O3S/c1-16-4-5-18(26-16)14-22-10-8-20(9-11-22)17(7-13-25-20)6-12-24-15-19(23)21(2)3/h4-5,17H,6-15H2,1-3H3/t17-/m1/s1. The molecule has 1 atom stereocenters. The highest BCUT2D eigenvalue weighted by Crippen LogP contribution is 2.42. The average Bonchev–Trinajstić information content (AvgIpc) is 3.20. The minimum Gasteiger partial charge on any atom is -0.375 e. The number of amides is 1. The van der Waals surface area contributed by atoms with Crippen molar-refractivity contribution >= 4 is 17.2 Å². The Morgan fingerprint density at radius 1 is 1.38 bits per heavy atom. The molecule has 6 heteroatoms. The van der Waals surface area contributed by atoms with Gasteiger partial charge < -0.3 is 14.4 Å². The number of nitrogens with zero attached hydrogens (tertiary/aromatic N) is 2. The summed E-state index contributed by atoms with van der Waals surface area (Å²) in [6, 6.07) is 4.47. The summed E-state index contributed by atoms with van der Waals surface area (Å²) in [5, 5.41) is 0. The van der Waals surface area contributed by atoms with Crippen LogP contribution < -0.4 is 0 Å². The third kappa shape index (κ3) is 4.85. The molecule has 5 nitrogen and oxygen atoms in total. The number of carbonyl (C=O) groups excluding carboxylic acids is 1. The molecule has 26 heavy (non-hydrogen) atoms. The second kappa shape index (κ2) is 8.83. The minimum atomic E-state index is 0.0273. The Balaban J connectivity index is 1.43. The van der Waals surface area contributed by atoms with Crippen molar-refractivity contribution in [2.24, 2.45) is 5.92 Å². The van der Waals surface area contributed by atoms with Crippen LogP contribution in [-0.2, 0) is 20.8 Å². The fraction of sp³-hybridized carbons (Fsp3) is 0.750. The Morgan fingerprint density at radius 3 is 2.81 bits per heavy atom. The summed E-state index contributed by atoms with van der Waals surface area (Å²) >= 11 is 1.90. The number of likely N-dealkylation sites (N-methyl/N-ethyl adjacent to an activating group) is 1. The van der Waals surface area contributed by atoms with Crippen LogP contribution in [0.2, 0.25) is 0 Å². The van der Waals surface area contributed by atoms with E-state index in [1.54, 1.807) is 19.0 Å². The zero-order valence-corrected chi connectivity index (χ0v) is 17.1. The largest absolute Gasteiger partial charge is 0.375 e. The van der Waals surface area contributed by atoms with Crippen molar-refractivity contribution in [3.8, 4) is 0 Å². The highest BCUT2D eigenvalue weighted by molar-refractivity contribution is 7.11. The van der Waals surface area contributed by atoms with Gasteiger partial charge in [-0.3, -0.25) is 9.69 Å². The van der Waals surface area contributed by atoms with Gasteiger partial charge in [-0.05, 0) is 50.7 Å². The zero-order valence-electron chi connectivity index (χ0n) is 16.3. The maximum Gasteiger partial charge on any atom is 0.248 e. The summed E-state index contributed by atoms with van der Waals surface area (Å²) < 4.78 is 11.9. The van der Waals surface area contributed by atoms with Gasteiger partial charge >= 0.3 is 0 Å². The third-order valence-electron chi connectivity index (χ3n) is 5.81. The summed E-state index contributed by atoms with van der Waals surface area (Å²) in [7, 11) is 3.52. The van der Waals surface area contributed by atoms with Crippen LogP contribution in [0, 0.1) is 12.8 Å². The van der Waals surface area contributed by atoms with Gasteiger partial charge in [0, 0.05) is 56.7 Å². The number of piperidine rings is 1. The van der Waals surface area contributed by atoms with E-state index in [9.17, 15) is 4.79 Å². The average molecular weight is 381 g/mol. The molecule has 1 aromatic rings. The fourth-order valence-corrected chi connectivity index (χ4v) is 5.07. The molecule has 0 bridgehead atoms. The Morgan fingerprint density at radius 2 is 2.15 bits per heavy atom. The molecule has 0 N–H and O–H groups in total. The number of thiophene rings is 1. The maximum absolute atomic E-state index is 11.6. The van der Waals surface area contributed by atoms with Gasteiger partial charge in [-0.15, -0.1) is 11.3 Å². The molecule has 0 aromatic carbocycles. The van der Waals surface area contributed by atoms with Crippen molar-refractivity contribution in [1.29, 1.82) is 0 Å². The smallest absolute Gasteiger partial charge is 0.248 e. The van der Waals surface area contributed by atoms with Crippen molar-refractivity contribution in [3.63, 3.8) is 0 Å². The predicted molar refractivity (Wildman–Crippen MR) is 104 cm³/mol.